The summed E-state index contributed by atoms with van der Waals surface area (Å²) in [4.78, 5) is 8.78. The average Bonchev–Trinajstić information content (AvgIpc) is 2.93. The first-order valence-corrected chi connectivity index (χ1v) is 7.60. The van der Waals surface area contributed by atoms with Crippen molar-refractivity contribution in [2.45, 2.75) is 58.9 Å². The molecule has 2 N–H and O–H groups in total. The van der Waals surface area contributed by atoms with Gasteiger partial charge in [0.25, 0.3) is 0 Å². The molecular formula is C15H26N4. The van der Waals surface area contributed by atoms with Crippen LogP contribution in [0.3, 0.4) is 0 Å². The minimum atomic E-state index is 0.497. The third-order valence-electron chi connectivity index (χ3n) is 4.11. The van der Waals surface area contributed by atoms with E-state index in [4.69, 9.17) is 0 Å². The van der Waals surface area contributed by atoms with Gasteiger partial charge in [-0.3, -0.25) is 0 Å². The van der Waals surface area contributed by atoms with Crippen LogP contribution in [0.4, 0.5) is 11.6 Å². The molecule has 1 saturated carbocycles. The summed E-state index contributed by atoms with van der Waals surface area (Å²) in [7, 11) is 0. The molecule has 0 amide bonds. The van der Waals surface area contributed by atoms with Crippen molar-refractivity contribution in [1.29, 1.82) is 0 Å². The van der Waals surface area contributed by atoms with Crippen LogP contribution in [0.1, 0.15) is 52.0 Å². The first-order valence-electron chi connectivity index (χ1n) is 7.60. The van der Waals surface area contributed by atoms with E-state index >= 15 is 0 Å². The van der Waals surface area contributed by atoms with Gasteiger partial charge in [-0.2, -0.15) is 0 Å². The smallest absolute Gasteiger partial charge is 0.134 e. The van der Waals surface area contributed by atoms with Crippen molar-refractivity contribution < 1.29 is 0 Å². The van der Waals surface area contributed by atoms with Crippen molar-refractivity contribution in [1.82, 2.24) is 9.97 Å². The molecule has 2 rings (SSSR count). The molecule has 1 aromatic heterocycles. The molecule has 1 aliphatic rings. The van der Waals surface area contributed by atoms with E-state index in [1.807, 2.05) is 0 Å². The minimum Gasteiger partial charge on any atom is -0.370 e. The standard InChI is InChI=1S/C15H26N4/c1-4-13-14(16-5-2)17-10-18-15(13)19-11(3)12-8-6-7-9-12/h10-12H,4-9H2,1-3H3,(H2,16,17,18,19). The van der Waals surface area contributed by atoms with Gasteiger partial charge in [0.05, 0.1) is 0 Å². The monoisotopic (exact) mass is 262 g/mol. The maximum atomic E-state index is 4.44. The number of rotatable bonds is 6. The Bertz CT molecular complexity index is 399. The molecule has 0 spiro atoms. The molecule has 1 unspecified atom stereocenters. The molecule has 1 fully saturated rings. The van der Waals surface area contributed by atoms with E-state index < -0.39 is 0 Å². The lowest BCUT2D eigenvalue weighted by atomic mass is 9.99. The normalized spacial score (nSPS) is 17.4. The number of hydrogen-bond acceptors (Lipinski definition) is 4. The SMILES string of the molecule is CCNc1ncnc(NC(C)C2CCCC2)c1CC. The molecule has 106 valence electrons. The molecule has 0 saturated heterocycles. The van der Waals surface area contributed by atoms with Crippen LogP contribution in [0.5, 0.6) is 0 Å². The predicted molar refractivity (Wildman–Crippen MR) is 80.6 cm³/mol. The Morgan fingerprint density at radius 2 is 1.89 bits per heavy atom. The second-order valence-corrected chi connectivity index (χ2v) is 5.41. The molecule has 1 aliphatic carbocycles. The van der Waals surface area contributed by atoms with Crippen LogP contribution in [0.25, 0.3) is 0 Å². The van der Waals surface area contributed by atoms with Crippen LogP contribution >= 0.6 is 0 Å². The number of anilines is 2. The highest BCUT2D eigenvalue weighted by Gasteiger charge is 2.22. The van der Waals surface area contributed by atoms with Crippen LogP contribution in [0, 0.1) is 5.92 Å². The summed E-state index contributed by atoms with van der Waals surface area (Å²) in [5.41, 5.74) is 1.20. The summed E-state index contributed by atoms with van der Waals surface area (Å²) in [6.07, 6.45) is 8.05. The first kappa shape index (κ1) is 14.1. The number of nitrogens with one attached hydrogen (secondary N) is 2. The fourth-order valence-corrected chi connectivity index (χ4v) is 2.98. The van der Waals surface area contributed by atoms with Crippen molar-refractivity contribution in [3.05, 3.63) is 11.9 Å². The van der Waals surface area contributed by atoms with Gasteiger partial charge < -0.3 is 10.6 Å². The Hall–Kier alpha value is -1.32. The molecule has 0 aromatic carbocycles. The molecule has 4 nitrogen and oxygen atoms in total. The van der Waals surface area contributed by atoms with Crippen molar-refractivity contribution >= 4 is 11.6 Å². The zero-order valence-corrected chi connectivity index (χ0v) is 12.4. The lowest BCUT2D eigenvalue weighted by Crippen LogP contribution is -2.25. The van der Waals surface area contributed by atoms with Gasteiger partial charge in [0, 0.05) is 18.2 Å². The summed E-state index contributed by atoms with van der Waals surface area (Å²) >= 11 is 0. The summed E-state index contributed by atoms with van der Waals surface area (Å²) in [6.45, 7) is 7.42. The first-order chi connectivity index (χ1) is 9.26. The van der Waals surface area contributed by atoms with Crippen LogP contribution in [-0.2, 0) is 6.42 Å². The fraction of sp³-hybridized carbons (Fsp3) is 0.733. The van der Waals surface area contributed by atoms with Gasteiger partial charge in [0.15, 0.2) is 0 Å². The minimum absolute atomic E-state index is 0.497. The van der Waals surface area contributed by atoms with E-state index in [9.17, 15) is 0 Å². The third kappa shape index (κ3) is 3.37. The Morgan fingerprint density at radius 3 is 2.53 bits per heavy atom. The predicted octanol–water partition coefficient (Wildman–Crippen LogP) is 3.46. The largest absolute Gasteiger partial charge is 0.370 e. The average molecular weight is 262 g/mol. The number of hydrogen-bond donors (Lipinski definition) is 2. The molecule has 1 aromatic rings. The lowest BCUT2D eigenvalue weighted by Gasteiger charge is -2.23. The summed E-state index contributed by atoms with van der Waals surface area (Å²) < 4.78 is 0. The van der Waals surface area contributed by atoms with Crippen molar-refractivity contribution in [2.24, 2.45) is 5.92 Å². The lowest BCUT2D eigenvalue weighted by molar-refractivity contribution is 0.480. The second kappa shape index (κ2) is 6.73. The highest BCUT2D eigenvalue weighted by atomic mass is 15.1. The maximum absolute atomic E-state index is 4.44. The van der Waals surface area contributed by atoms with E-state index in [2.05, 4.69) is 41.4 Å². The Morgan fingerprint density at radius 1 is 1.21 bits per heavy atom. The zero-order chi connectivity index (χ0) is 13.7. The highest BCUT2D eigenvalue weighted by molar-refractivity contribution is 5.57. The van der Waals surface area contributed by atoms with E-state index in [1.54, 1.807) is 6.33 Å². The van der Waals surface area contributed by atoms with Gasteiger partial charge >= 0.3 is 0 Å². The van der Waals surface area contributed by atoms with E-state index in [0.717, 1.165) is 30.5 Å². The molecule has 1 heterocycles. The molecule has 0 bridgehead atoms. The van der Waals surface area contributed by atoms with Crippen LogP contribution in [0.2, 0.25) is 0 Å². The summed E-state index contributed by atoms with van der Waals surface area (Å²) in [6, 6.07) is 0.497. The van der Waals surface area contributed by atoms with Crippen LogP contribution in [-0.4, -0.2) is 22.6 Å². The topological polar surface area (TPSA) is 49.8 Å². The van der Waals surface area contributed by atoms with Crippen LogP contribution in [0.15, 0.2) is 6.33 Å². The Kier molecular flexibility index (Phi) is 5.00. The highest BCUT2D eigenvalue weighted by Crippen LogP contribution is 2.30. The molecule has 0 radical (unpaired) electrons. The number of nitrogens with zero attached hydrogens (tertiary/aromatic N) is 2. The number of aromatic nitrogens is 2. The summed E-state index contributed by atoms with van der Waals surface area (Å²) in [5, 5.41) is 6.93. The molecule has 0 aliphatic heterocycles. The zero-order valence-electron chi connectivity index (χ0n) is 12.4. The van der Waals surface area contributed by atoms with Crippen molar-refractivity contribution in [2.75, 3.05) is 17.2 Å². The summed E-state index contributed by atoms with van der Waals surface area (Å²) in [5.74, 6) is 2.77. The molecule has 4 heteroatoms. The van der Waals surface area contributed by atoms with E-state index in [-0.39, 0.29) is 0 Å². The van der Waals surface area contributed by atoms with Gasteiger partial charge in [0.1, 0.15) is 18.0 Å². The van der Waals surface area contributed by atoms with Crippen molar-refractivity contribution in [3.8, 4) is 0 Å². The van der Waals surface area contributed by atoms with E-state index in [0.29, 0.717) is 6.04 Å². The van der Waals surface area contributed by atoms with Gasteiger partial charge in [-0.05, 0) is 39.0 Å². The second-order valence-electron chi connectivity index (χ2n) is 5.41. The Balaban J connectivity index is 2.12. The van der Waals surface area contributed by atoms with Gasteiger partial charge in [0.2, 0.25) is 0 Å². The van der Waals surface area contributed by atoms with Crippen LogP contribution < -0.4 is 10.6 Å². The molecule has 1 atom stereocenters. The Labute approximate surface area is 116 Å². The van der Waals surface area contributed by atoms with Gasteiger partial charge in [-0.15, -0.1) is 0 Å². The molecular weight excluding hydrogens is 236 g/mol. The van der Waals surface area contributed by atoms with E-state index in [1.165, 1.54) is 31.2 Å². The van der Waals surface area contributed by atoms with Crippen molar-refractivity contribution in [3.63, 3.8) is 0 Å². The van der Waals surface area contributed by atoms with Gasteiger partial charge in [-0.25, -0.2) is 9.97 Å². The fourth-order valence-electron chi connectivity index (χ4n) is 2.98. The third-order valence-corrected chi connectivity index (χ3v) is 4.11. The maximum Gasteiger partial charge on any atom is 0.134 e. The van der Waals surface area contributed by atoms with Gasteiger partial charge in [-0.1, -0.05) is 19.8 Å². The molecule has 19 heavy (non-hydrogen) atoms. The quantitative estimate of drug-likeness (QED) is 0.824.